The second-order valence-electron chi connectivity index (χ2n) is 6.15. The first-order chi connectivity index (χ1) is 8.18. The average Bonchev–Trinajstić information content (AvgIpc) is 2.23. The Balaban J connectivity index is 4.05. The predicted octanol–water partition coefficient (Wildman–Crippen LogP) is 6.06. The molecule has 0 aliphatic carbocycles. The van der Waals surface area contributed by atoms with Gasteiger partial charge in [-0.05, 0) is 30.6 Å². The molecule has 0 amide bonds. The van der Waals surface area contributed by atoms with E-state index in [-0.39, 0.29) is 6.42 Å². The fourth-order valence-corrected chi connectivity index (χ4v) is 2.43. The molecule has 0 N–H and O–H groups in total. The first-order valence-electron chi connectivity index (χ1n) is 7.25. The number of hydrogen-bond acceptors (Lipinski definition) is 0. The quantitative estimate of drug-likeness (QED) is 0.500. The monoisotopic (exact) mass is 266 g/mol. The molecule has 0 fully saturated rings. The van der Waals surface area contributed by atoms with Gasteiger partial charge in [0.15, 0.2) is 0 Å². The molecule has 0 heterocycles. The molecule has 3 atom stereocenters. The van der Waals surface area contributed by atoms with Crippen molar-refractivity contribution in [2.24, 2.45) is 23.7 Å². The van der Waals surface area contributed by atoms with E-state index in [2.05, 4.69) is 27.7 Å². The van der Waals surface area contributed by atoms with Crippen molar-refractivity contribution < 1.29 is 13.2 Å². The lowest BCUT2D eigenvalue weighted by atomic mass is 9.82. The maximum Gasteiger partial charge on any atom is 0.391 e. The highest BCUT2D eigenvalue weighted by atomic mass is 19.4. The predicted molar refractivity (Wildman–Crippen MR) is 71.5 cm³/mol. The van der Waals surface area contributed by atoms with Gasteiger partial charge in [0.05, 0.1) is 5.92 Å². The topological polar surface area (TPSA) is 0 Å². The summed E-state index contributed by atoms with van der Waals surface area (Å²) >= 11 is 0. The Morgan fingerprint density at radius 2 is 1.44 bits per heavy atom. The van der Waals surface area contributed by atoms with Gasteiger partial charge in [0.25, 0.3) is 0 Å². The van der Waals surface area contributed by atoms with Crippen LogP contribution in [0.4, 0.5) is 13.2 Å². The standard InChI is InChI=1S/C15H29F3/c1-6-7-14(11(2)3)10-12(4)8-9-13(5)15(16,17)18/h11-14H,6-10H2,1-5H3. The number of rotatable bonds is 8. The van der Waals surface area contributed by atoms with Crippen LogP contribution < -0.4 is 0 Å². The highest BCUT2D eigenvalue weighted by Crippen LogP contribution is 2.32. The summed E-state index contributed by atoms with van der Waals surface area (Å²) in [6.45, 7) is 9.98. The van der Waals surface area contributed by atoms with E-state index in [1.807, 2.05) is 0 Å². The van der Waals surface area contributed by atoms with E-state index in [0.717, 1.165) is 12.8 Å². The Kier molecular flexibility index (Phi) is 7.97. The lowest BCUT2D eigenvalue weighted by Gasteiger charge is -2.25. The van der Waals surface area contributed by atoms with Gasteiger partial charge in [-0.25, -0.2) is 0 Å². The zero-order valence-electron chi connectivity index (χ0n) is 12.5. The zero-order valence-corrected chi connectivity index (χ0v) is 12.5. The van der Waals surface area contributed by atoms with Gasteiger partial charge in [0.1, 0.15) is 0 Å². The fourth-order valence-electron chi connectivity index (χ4n) is 2.43. The Labute approximate surface area is 110 Å². The Bertz CT molecular complexity index is 208. The van der Waals surface area contributed by atoms with Crippen molar-refractivity contribution in [1.29, 1.82) is 0 Å². The van der Waals surface area contributed by atoms with Crippen molar-refractivity contribution in [3.05, 3.63) is 0 Å². The molecule has 0 saturated carbocycles. The first-order valence-corrected chi connectivity index (χ1v) is 7.25. The minimum Gasteiger partial charge on any atom is -0.171 e. The van der Waals surface area contributed by atoms with Gasteiger partial charge in [-0.1, -0.05) is 53.9 Å². The molecule has 0 radical (unpaired) electrons. The van der Waals surface area contributed by atoms with E-state index in [1.165, 1.54) is 13.3 Å². The third-order valence-corrected chi connectivity index (χ3v) is 3.96. The normalized spacial score (nSPS) is 17.8. The van der Waals surface area contributed by atoms with Crippen LogP contribution in [0.15, 0.2) is 0 Å². The molecule has 0 aromatic rings. The lowest BCUT2D eigenvalue weighted by Crippen LogP contribution is -2.21. The highest BCUT2D eigenvalue weighted by Gasteiger charge is 2.35. The second kappa shape index (κ2) is 8.06. The molecule has 18 heavy (non-hydrogen) atoms. The van der Waals surface area contributed by atoms with Crippen LogP contribution in [0, 0.1) is 23.7 Å². The first kappa shape index (κ1) is 17.8. The lowest BCUT2D eigenvalue weighted by molar-refractivity contribution is -0.171. The molecule has 0 aromatic carbocycles. The van der Waals surface area contributed by atoms with Gasteiger partial charge in [0.2, 0.25) is 0 Å². The molecule has 3 unspecified atom stereocenters. The molecule has 110 valence electrons. The summed E-state index contributed by atoms with van der Waals surface area (Å²) in [4.78, 5) is 0. The molecule has 3 heteroatoms. The average molecular weight is 266 g/mol. The zero-order chi connectivity index (χ0) is 14.3. The third-order valence-electron chi connectivity index (χ3n) is 3.96. The molecule has 0 aliphatic rings. The fraction of sp³-hybridized carbons (Fsp3) is 1.00. The summed E-state index contributed by atoms with van der Waals surface area (Å²) in [6.07, 6.45) is 0.344. The van der Waals surface area contributed by atoms with E-state index in [1.54, 1.807) is 0 Å². The van der Waals surface area contributed by atoms with Crippen molar-refractivity contribution in [1.82, 2.24) is 0 Å². The van der Waals surface area contributed by atoms with Crippen molar-refractivity contribution in [3.63, 3.8) is 0 Å². The Hall–Kier alpha value is -0.210. The molecule has 0 nitrogen and oxygen atoms in total. The summed E-state index contributed by atoms with van der Waals surface area (Å²) in [5, 5.41) is 0. The molecule has 0 aliphatic heterocycles. The van der Waals surface area contributed by atoms with Crippen LogP contribution in [0.25, 0.3) is 0 Å². The SMILES string of the molecule is CCCC(CC(C)CCC(C)C(F)(F)F)C(C)C. The van der Waals surface area contributed by atoms with Crippen molar-refractivity contribution >= 4 is 0 Å². The van der Waals surface area contributed by atoms with Crippen molar-refractivity contribution in [2.45, 2.75) is 72.9 Å². The van der Waals surface area contributed by atoms with Gasteiger partial charge in [0, 0.05) is 0 Å². The van der Waals surface area contributed by atoms with Crippen molar-refractivity contribution in [2.75, 3.05) is 0 Å². The van der Waals surface area contributed by atoms with Gasteiger partial charge in [-0.3, -0.25) is 0 Å². The Morgan fingerprint density at radius 1 is 0.889 bits per heavy atom. The van der Waals surface area contributed by atoms with Gasteiger partial charge < -0.3 is 0 Å². The van der Waals surface area contributed by atoms with E-state index < -0.39 is 12.1 Å². The number of hydrogen-bond donors (Lipinski definition) is 0. The maximum absolute atomic E-state index is 12.4. The van der Waals surface area contributed by atoms with Crippen LogP contribution >= 0.6 is 0 Å². The largest absolute Gasteiger partial charge is 0.391 e. The van der Waals surface area contributed by atoms with Crippen LogP contribution in [0.1, 0.15) is 66.7 Å². The summed E-state index contributed by atoms with van der Waals surface area (Å²) in [5.74, 6) is 0.524. The van der Waals surface area contributed by atoms with E-state index >= 15 is 0 Å². The van der Waals surface area contributed by atoms with Gasteiger partial charge in [-0.15, -0.1) is 0 Å². The van der Waals surface area contributed by atoms with E-state index in [9.17, 15) is 13.2 Å². The van der Waals surface area contributed by atoms with Crippen LogP contribution in [0.2, 0.25) is 0 Å². The van der Waals surface area contributed by atoms with E-state index in [0.29, 0.717) is 24.2 Å². The molecule has 0 spiro atoms. The minimum absolute atomic E-state index is 0.265. The number of halogens is 3. The minimum atomic E-state index is -4.03. The molecule has 0 bridgehead atoms. The number of alkyl halides is 3. The summed E-state index contributed by atoms with van der Waals surface area (Å²) in [7, 11) is 0. The van der Waals surface area contributed by atoms with Crippen molar-refractivity contribution in [3.8, 4) is 0 Å². The van der Waals surface area contributed by atoms with Crippen LogP contribution in [0.5, 0.6) is 0 Å². The molecular formula is C15H29F3. The smallest absolute Gasteiger partial charge is 0.171 e. The highest BCUT2D eigenvalue weighted by molar-refractivity contribution is 4.69. The van der Waals surface area contributed by atoms with Crippen LogP contribution in [0.3, 0.4) is 0 Å². The molecule has 0 saturated heterocycles. The third kappa shape index (κ3) is 7.27. The molecule has 0 rings (SSSR count). The van der Waals surface area contributed by atoms with Gasteiger partial charge in [-0.2, -0.15) is 13.2 Å². The maximum atomic E-state index is 12.4. The summed E-state index contributed by atoms with van der Waals surface area (Å²) in [5.41, 5.74) is 0. The Morgan fingerprint density at radius 3 is 1.83 bits per heavy atom. The van der Waals surface area contributed by atoms with Crippen LogP contribution in [-0.4, -0.2) is 6.18 Å². The summed E-state index contributed by atoms with van der Waals surface area (Å²) in [6, 6.07) is 0. The second-order valence-corrected chi connectivity index (χ2v) is 6.15. The van der Waals surface area contributed by atoms with Crippen LogP contribution in [-0.2, 0) is 0 Å². The van der Waals surface area contributed by atoms with Gasteiger partial charge >= 0.3 is 6.18 Å². The van der Waals surface area contributed by atoms with E-state index in [4.69, 9.17) is 0 Å². The summed E-state index contributed by atoms with van der Waals surface area (Å²) < 4.78 is 37.2. The molecular weight excluding hydrogens is 237 g/mol. The molecule has 0 aromatic heterocycles.